The second kappa shape index (κ2) is 6.69. The van der Waals surface area contributed by atoms with Gasteiger partial charge in [-0.25, -0.2) is 8.42 Å². The van der Waals surface area contributed by atoms with Crippen molar-refractivity contribution in [3.63, 3.8) is 0 Å². The van der Waals surface area contributed by atoms with Gasteiger partial charge in [0.2, 0.25) is 0 Å². The molecular weight excluding hydrogens is 424 g/mol. The van der Waals surface area contributed by atoms with Gasteiger partial charge in [-0.05, 0) is 42.5 Å². The molecule has 0 unspecified atom stereocenters. The molecular formula is C13H10Br2N2O3S. The van der Waals surface area contributed by atoms with Gasteiger partial charge in [-0.2, -0.15) is 0 Å². The Labute approximate surface area is 139 Å². The summed E-state index contributed by atoms with van der Waals surface area (Å²) in [6, 6.07) is 12.7. The highest BCUT2D eigenvalue weighted by molar-refractivity contribution is 9.10. The first-order valence-electron chi connectivity index (χ1n) is 5.72. The van der Waals surface area contributed by atoms with Crippen LogP contribution in [0.2, 0.25) is 0 Å². The Bertz CT molecular complexity index is 761. The Morgan fingerprint density at radius 3 is 2.24 bits per heavy atom. The van der Waals surface area contributed by atoms with Gasteiger partial charge in [0, 0.05) is 14.5 Å². The van der Waals surface area contributed by atoms with Gasteiger partial charge in [-0.3, -0.25) is 10.2 Å². The third-order valence-corrected chi connectivity index (χ3v) is 4.78. The number of sulfonamides is 1. The van der Waals surface area contributed by atoms with Crippen LogP contribution in [0.15, 0.2) is 62.4 Å². The van der Waals surface area contributed by atoms with Crippen molar-refractivity contribution in [1.82, 2.24) is 10.3 Å². The fourth-order valence-electron chi connectivity index (χ4n) is 1.48. The van der Waals surface area contributed by atoms with Gasteiger partial charge >= 0.3 is 0 Å². The highest BCUT2D eigenvalue weighted by atomic mass is 79.9. The Morgan fingerprint density at radius 1 is 0.952 bits per heavy atom. The smallest absolute Gasteiger partial charge is 0.266 e. The van der Waals surface area contributed by atoms with E-state index in [0.29, 0.717) is 10.0 Å². The van der Waals surface area contributed by atoms with E-state index in [-0.39, 0.29) is 4.90 Å². The third kappa shape index (κ3) is 4.37. The van der Waals surface area contributed by atoms with Crippen molar-refractivity contribution >= 4 is 47.8 Å². The summed E-state index contributed by atoms with van der Waals surface area (Å²) in [5.41, 5.74) is 2.51. The molecule has 0 radical (unpaired) electrons. The van der Waals surface area contributed by atoms with Crippen LogP contribution in [-0.4, -0.2) is 14.3 Å². The minimum absolute atomic E-state index is 0.0491. The SMILES string of the molecule is O=C(NNS(=O)(=O)c1cccc(Br)c1)c1ccc(Br)cc1. The highest BCUT2D eigenvalue weighted by Gasteiger charge is 2.15. The van der Waals surface area contributed by atoms with Crippen molar-refractivity contribution in [1.29, 1.82) is 0 Å². The monoisotopic (exact) mass is 432 g/mol. The second-order valence-corrected chi connectivity index (χ2v) is 7.54. The number of carbonyl (C=O) groups excluding carboxylic acids is 1. The van der Waals surface area contributed by atoms with Crippen molar-refractivity contribution in [2.45, 2.75) is 4.90 Å². The Balaban J connectivity index is 2.08. The predicted octanol–water partition coefficient (Wildman–Crippen LogP) is 2.83. The number of benzene rings is 2. The molecule has 0 saturated carbocycles. The van der Waals surface area contributed by atoms with E-state index >= 15 is 0 Å². The van der Waals surface area contributed by atoms with Gasteiger partial charge < -0.3 is 0 Å². The first-order valence-corrected chi connectivity index (χ1v) is 8.79. The third-order valence-electron chi connectivity index (χ3n) is 2.51. The number of hydrazine groups is 1. The summed E-state index contributed by atoms with van der Waals surface area (Å²) in [4.78, 5) is 13.9. The van der Waals surface area contributed by atoms with Crippen LogP contribution < -0.4 is 10.3 Å². The molecule has 0 saturated heterocycles. The average Bonchev–Trinajstić information content (AvgIpc) is 2.45. The van der Waals surface area contributed by atoms with E-state index in [0.717, 1.165) is 4.47 Å². The normalized spacial score (nSPS) is 11.1. The van der Waals surface area contributed by atoms with Gasteiger partial charge in [0.25, 0.3) is 15.9 Å². The molecule has 2 N–H and O–H groups in total. The van der Waals surface area contributed by atoms with E-state index in [4.69, 9.17) is 0 Å². The van der Waals surface area contributed by atoms with Crippen LogP contribution in [0.1, 0.15) is 10.4 Å². The molecule has 0 aliphatic rings. The van der Waals surface area contributed by atoms with Crippen LogP contribution >= 0.6 is 31.9 Å². The first kappa shape index (κ1) is 16.2. The molecule has 0 aliphatic carbocycles. The summed E-state index contributed by atoms with van der Waals surface area (Å²) in [7, 11) is -3.82. The minimum Gasteiger partial charge on any atom is -0.273 e. The second-order valence-electron chi connectivity index (χ2n) is 4.02. The van der Waals surface area contributed by atoms with Crippen LogP contribution in [0.3, 0.4) is 0 Å². The lowest BCUT2D eigenvalue weighted by Gasteiger charge is -2.08. The number of hydrogen-bond donors (Lipinski definition) is 2. The van der Waals surface area contributed by atoms with E-state index in [1.807, 2.05) is 0 Å². The van der Waals surface area contributed by atoms with Gasteiger partial charge in [0.05, 0.1) is 4.90 Å². The summed E-state index contributed by atoms with van der Waals surface area (Å²) in [6.45, 7) is 0. The van der Waals surface area contributed by atoms with E-state index in [9.17, 15) is 13.2 Å². The maximum absolute atomic E-state index is 12.0. The lowest BCUT2D eigenvalue weighted by molar-refractivity contribution is 0.0945. The van der Waals surface area contributed by atoms with Crippen LogP contribution in [0.5, 0.6) is 0 Å². The van der Waals surface area contributed by atoms with E-state index in [1.165, 1.54) is 12.1 Å². The van der Waals surface area contributed by atoms with Crippen LogP contribution in [0.4, 0.5) is 0 Å². The molecule has 110 valence electrons. The van der Waals surface area contributed by atoms with Gasteiger partial charge in [0.1, 0.15) is 0 Å². The number of amides is 1. The van der Waals surface area contributed by atoms with Gasteiger partial charge in [-0.15, -0.1) is 4.83 Å². The molecule has 0 aliphatic heterocycles. The molecule has 1 amide bonds. The van der Waals surface area contributed by atoms with Crippen LogP contribution in [0, 0.1) is 0 Å². The molecule has 2 aromatic rings. The minimum atomic E-state index is -3.82. The molecule has 5 nitrogen and oxygen atoms in total. The summed E-state index contributed by atoms with van der Waals surface area (Å²) in [5.74, 6) is -0.541. The quantitative estimate of drug-likeness (QED) is 0.728. The molecule has 0 fully saturated rings. The van der Waals surface area contributed by atoms with Gasteiger partial charge in [-0.1, -0.05) is 37.9 Å². The molecule has 0 heterocycles. The van der Waals surface area contributed by atoms with Crippen molar-refractivity contribution in [2.75, 3.05) is 0 Å². The first-order chi connectivity index (χ1) is 9.88. The summed E-state index contributed by atoms with van der Waals surface area (Å²) in [6.07, 6.45) is 0. The van der Waals surface area contributed by atoms with Crippen molar-refractivity contribution in [3.8, 4) is 0 Å². The largest absolute Gasteiger partial charge is 0.273 e. The zero-order valence-corrected chi connectivity index (χ0v) is 14.5. The van der Waals surface area contributed by atoms with Crippen molar-refractivity contribution in [3.05, 3.63) is 63.0 Å². The van der Waals surface area contributed by atoms with Crippen molar-refractivity contribution < 1.29 is 13.2 Å². The maximum atomic E-state index is 12.0. The fourth-order valence-corrected chi connectivity index (χ4v) is 3.18. The van der Waals surface area contributed by atoms with E-state index in [1.54, 1.807) is 36.4 Å². The van der Waals surface area contributed by atoms with Crippen LogP contribution in [0.25, 0.3) is 0 Å². The van der Waals surface area contributed by atoms with Crippen molar-refractivity contribution in [2.24, 2.45) is 0 Å². The number of rotatable bonds is 4. The summed E-state index contributed by atoms with van der Waals surface area (Å²) in [5, 5.41) is 0. The van der Waals surface area contributed by atoms with E-state index < -0.39 is 15.9 Å². The molecule has 2 aromatic carbocycles. The lowest BCUT2D eigenvalue weighted by Crippen LogP contribution is -2.41. The number of hydrogen-bond acceptors (Lipinski definition) is 3. The van der Waals surface area contributed by atoms with E-state index in [2.05, 4.69) is 42.1 Å². The molecule has 21 heavy (non-hydrogen) atoms. The highest BCUT2D eigenvalue weighted by Crippen LogP contribution is 2.15. The number of halogens is 2. The molecule has 0 bridgehead atoms. The Morgan fingerprint density at radius 2 is 1.62 bits per heavy atom. The summed E-state index contributed by atoms with van der Waals surface area (Å²) >= 11 is 6.45. The fraction of sp³-hybridized carbons (Fsp3) is 0. The lowest BCUT2D eigenvalue weighted by atomic mass is 10.2. The zero-order chi connectivity index (χ0) is 15.5. The molecule has 8 heteroatoms. The molecule has 0 aromatic heterocycles. The molecule has 2 rings (SSSR count). The zero-order valence-electron chi connectivity index (χ0n) is 10.5. The maximum Gasteiger partial charge on any atom is 0.266 e. The Kier molecular flexibility index (Phi) is 5.15. The Hall–Kier alpha value is -1.22. The average molecular weight is 434 g/mol. The number of nitrogens with one attached hydrogen (secondary N) is 2. The van der Waals surface area contributed by atoms with Crippen LogP contribution in [-0.2, 0) is 10.0 Å². The molecule has 0 spiro atoms. The predicted molar refractivity (Wildman–Crippen MR) is 86.1 cm³/mol. The standard InChI is InChI=1S/C13H10Br2N2O3S/c14-10-6-4-9(5-7-10)13(18)16-17-21(19,20)12-3-1-2-11(15)8-12/h1-8,17H,(H,16,18). The topological polar surface area (TPSA) is 75.3 Å². The molecule has 0 atom stereocenters. The summed E-state index contributed by atoms with van der Waals surface area (Å²) < 4.78 is 25.5. The van der Waals surface area contributed by atoms with Gasteiger partial charge in [0.15, 0.2) is 0 Å². The number of carbonyl (C=O) groups is 1.